The van der Waals surface area contributed by atoms with E-state index in [1.165, 1.54) is 12.1 Å². The van der Waals surface area contributed by atoms with Crippen molar-refractivity contribution >= 4 is 11.0 Å². The number of aromatic nitrogens is 4. The van der Waals surface area contributed by atoms with Crippen LogP contribution in [0.2, 0.25) is 0 Å². The fourth-order valence-electron chi connectivity index (χ4n) is 3.79. The molecular formula is C20H22F3N5O. The SMILES string of the molecule is Cc1nn(C(C)c2ccc(C(F)(F)F)cc2)c2nc(C3CCOCC3)[nH]c(=N)c12. The van der Waals surface area contributed by atoms with E-state index in [1.807, 2.05) is 6.92 Å². The van der Waals surface area contributed by atoms with Gasteiger partial charge in [0.15, 0.2) is 5.65 Å². The number of H-pyrrole nitrogens is 1. The minimum atomic E-state index is -4.37. The lowest BCUT2D eigenvalue weighted by molar-refractivity contribution is -0.137. The number of benzene rings is 1. The molecular weight excluding hydrogens is 383 g/mol. The maximum absolute atomic E-state index is 12.9. The van der Waals surface area contributed by atoms with E-state index in [9.17, 15) is 13.2 Å². The van der Waals surface area contributed by atoms with Crippen LogP contribution in [0.1, 0.15) is 54.4 Å². The Kier molecular flexibility index (Phi) is 4.94. The molecule has 2 N–H and O–H groups in total. The number of hydrogen-bond donors (Lipinski definition) is 2. The van der Waals surface area contributed by atoms with E-state index < -0.39 is 11.7 Å². The van der Waals surface area contributed by atoms with Gasteiger partial charge in [0.1, 0.15) is 11.3 Å². The summed E-state index contributed by atoms with van der Waals surface area (Å²) in [6, 6.07) is 4.76. The van der Waals surface area contributed by atoms with Crippen LogP contribution in [0.4, 0.5) is 13.2 Å². The molecule has 1 atom stereocenters. The van der Waals surface area contributed by atoms with Gasteiger partial charge < -0.3 is 9.72 Å². The van der Waals surface area contributed by atoms with Gasteiger partial charge in [-0.15, -0.1) is 0 Å². The minimum Gasteiger partial charge on any atom is -0.381 e. The van der Waals surface area contributed by atoms with Crippen molar-refractivity contribution in [1.82, 2.24) is 19.7 Å². The first-order valence-corrected chi connectivity index (χ1v) is 9.54. The fourth-order valence-corrected chi connectivity index (χ4v) is 3.79. The maximum atomic E-state index is 12.9. The standard InChI is InChI=1S/C20H22F3N5O/c1-11-16-17(24)25-18(14-7-9-29-10-8-14)26-19(16)28(27-11)12(2)13-3-5-15(6-4-13)20(21,22)23/h3-6,12,14H,7-10H2,1-2H3,(H2,24,25,26). The van der Waals surface area contributed by atoms with Crippen LogP contribution in [-0.4, -0.2) is 33.0 Å². The Morgan fingerprint density at radius 2 is 1.86 bits per heavy atom. The molecule has 0 bridgehead atoms. The van der Waals surface area contributed by atoms with E-state index in [4.69, 9.17) is 15.1 Å². The summed E-state index contributed by atoms with van der Waals surface area (Å²) in [5.41, 5.74) is 1.49. The lowest BCUT2D eigenvalue weighted by Gasteiger charge is -2.21. The molecule has 6 nitrogen and oxygen atoms in total. The van der Waals surface area contributed by atoms with Gasteiger partial charge in [0.25, 0.3) is 0 Å². The van der Waals surface area contributed by atoms with Gasteiger partial charge in [0, 0.05) is 19.1 Å². The van der Waals surface area contributed by atoms with Crippen LogP contribution >= 0.6 is 0 Å². The molecule has 0 aliphatic carbocycles. The van der Waals surface area contributed by atoms with Crippen LogP contribution < -0.4 is 5.49 Å². The number of rotatable bonds is 3. The molecule has 3 aromatic rings. The monoisotopic (exact) mass is 405 g/mol. The zero-order valence-electron chi connectivity index (χ0n) is 16.2. The van der Waals surface area contributed by atoms with Crippen LogP contribution in [0, 0.1) is 12.3 Å². The third kappa shape index (κ3) is 3.66. The summed E-state index contributed by atoms with van der Waals surface area (Å²) < 4.78 is 45.7. The average molecular weight is 405 g/mol. The first kappa shape index (κ1) is 19.6. The molecule has 9 heteroatoms. The molecule has 1 aliphatic heterocycles. The minimum absolute atomic E-state index is 0.183. The van der Waals surface area contributed by atoms with Gasteiger partial charge in [-0.1, -0.05) is 12.1 Å². The molecule has 1 aliphatic rings. The molecule has 1 fully saturated rings. The van der Waals surface area contributed by atoms with E-state index in [-0.39, 0.29) is 17.4 Å². The van der Waals surface area contributed by atoms with E-state index in [0.29, 0.717) is 35.5 Å². The molecule has 3 heterocycles. The number of nitrogens with zero attached hydrogens (tertiary/aromatic N) is 3. The summed E-state index contributed by atoms with van der Waals surface area (Å²) in [5.74, 6) is 0.911. The number of hydrogen-bond acceptors (Lipinski definition) is 4. The van der Waals surface area contributed by atoms with Crippen molar-refractivity contribution in [2.75, 3.05) is 13.2 Å². The Bertz CT molecular complexity index is 1080. The summed E-state index contributed by atoms with van der Waals surface area (Å²) >= 11 is 0. The number of nitrogens with one attached hydrogen (secondary N) is 2. The Labute approximate surface area is 165 Å². The lowest BCUT2D eigenvalue weighted by atomic mass is 9.99. The Morgan fingerprint density at radius 3 is 2.48 bits per heavy atom. The van der Waals surface area contributed by atoms with Crippen molar-refractivity contribution in [1.29, 1.82) is 5.41 Å². The smallest absolute Gasteiger partial charge is 0.381 e. The highest BCUT2D eigenvalue weighted by Gasteiger charge is 2.30. The third-order valence-electron chi connectivity index (χ3n) is 5.48. The maximum Gasteiger partial charge on any atom is 0.416 e. The number of halogens is 3. The van der Waals surface area contributed by atoms with Crippen molar-refractivity contribution in [3.63, 3.8) is 0 Å². The van der Waals surface area contributed by atoms with E-state index in [1.54, 1.807) is 11.6 Å². The molecule has 0 spiro atoms. The average Bonchev–Trinajstić information content (AvgIpc) is 3.04. The highest BCUT2D eigenvalue weighted by molar-refractivity contribution is 5.77. The molecule has 1 aromatic carbocycles. The lowest BCUT2D eigenvalue weighted by Crippen LogP contribution is -2.21. The van der Waals surface area contributed by atoms with Gasteiger partial charge in [-0.05, 0) is 44.4 Å². The molecule has 2 aromatic heterocycles. The topological polar surface area (TPSA) is 79.6 Å². The second-order valence-electron chi connectivity index (χ2n) is 7.41. The van der Waals surface area contributed by atoms with Gasteiger partial charge in [0.05, 0.1) is 22.7 Å². The van der Waals surface area contributed by atoms with E-state index in [2.05, 4.69) is 10.1 Å². The Morgan fingerprint density at radius 1 is 1.21 bits per heavy atom. The highest BCUT2D eigenvalue weighted by atomic mass is 19.4. The third-order valence-corrected chi connectivity index (χ3v) is 5.48. The number of ether oxygens (including phenoxy) is 1. The van der Waals surface area contributed by atoms with Gasteiger partial charge in [-0.3, -0.25) is 5.41 Å². The highest BCUT2D eigenvalue weighted by Crippen LogP contribution is 2.31. The molecule has 1 unspecified atom stereocenters. The van der Waals surface area contributed by atoms with Crippen LogP contribution in [-0.2, 0) is 10.9 Å². The van der Waals surface area contributed by atoms with Crippen molar-refractivity contribution in [2.24, 2.45) is 0 Å². The second kappa shape index (κ2) is 7.29. The zero-order chi connectivity index (χ0) is 20.8. The molecule has 29 heavy (non-hydrogen) atoms. The summed E-state index contributed by atoms with van der Waals surface area (Å²) in [5, 5.41) is 13.6. The Hall–Kier alpha value is -2.68. The number of alkyl halides is 3. The van der Waals surface area contributed by atoms with Gasteiger partial charge in [-0.2, -0.15) is 18.3 Å². The largest absolute Gasteiger partial charge is 0.416 e. The van der Waals surface area contributed by atoms with Crippen LogP contribution in [0.5, 0.6) is 0 Å². The number of fused-ring (bicyclic) bond motifs is 1. The molecule has 4 rings (SSSR count). The van der Waals surface area contributed by atoms with Crippen molar-refractivity contribution < 1.29 is 17.9 Å². The molecule has 1 saturated heterocycles. The number of aryl methyl sites for hydroxylation is 1. The van der Waals surface area contributed by atoms with Crippen molar-refractivity contribution in [2.45, 2.75) is 44.8 Å². The summed E-state index contributed by atoms with van der Waals surface area (Å²) in [6.07, 6.45) is -2.71. The van der Waals surface area contributed by atoms with Crippen LogP contribution in [0.25, 0.3) is 11.0 Å². The first-order valence-electron chi connectivity index (χ1n) is 9.54. The van der Waals surface area contributed by atoms with Crippen molar-refractivity contribution in [3.8, 4) is 0 Å². The first-order chi connectivity index (χ1) is 13.8. The summed E-state index contributed by atoms with van der Waals surface area (Å²) in [4.78, 5) is 7.87. The quantitative estimate of drug-likeness (QED) is 0.689. The van der Waals surface area contributed by atoms with Crippen LogP contribution in [0.15, 0.2) is 24.3 Å². The van der Waals surface area contributed by atoms with E-state index >= 15 is 0 Å². The number of aromatic amines is 1. The normalized spacial score (nSPS) is 17.0. The predicted molar refractivity (Wildman–Crippen MR) is 101 cm³/mol. The van der Waals surface area contributed by atoms with Gasteiger partial charge in [-0.25, -0.2) is 9.67 Å². The summed E-state index contributed by atoms with van der Waals surface area (Å²) in [6.45, 7) is 4.99. The van der Waals surface area contributed by atoms with Gasteiger partial charge >= 0.3 is 6.18 Å². The van der Waals surface area contributed by atoms with Crippen LogP contribution in [0.3, 0.4) is 0 Å². The zero-order valence-corrected chi connectivity index (χ0v) is 16.2. The fraction of sp³-hybridized carbons (Fsp3) is 0.450. The molecule has 0 amide bonds. The second-order valence-corrected chi connectivity index (χ2v) is 7.41. The molecule has 0 saturated carbocycles. The van der Waals surface area contributed by atoms with Crippen molar-refractivity contribution in [3.05, 3.63) is 52.4 Å². The Balaban J connectivity index is 1.76. The van der Waals surface area contributed by atoms with Gasteiger partial charge in [0.2, 0.25) is 0 Å². The molecule has 0 radical (unpaired) electrons. The predicted octanol–water partition coefficient (Wildman–Crippen LogP) is 4.07. The summed E-state index contributed by atoms with van der Waals surface area (Å²) in [7, 11) is 0. The van der Waals surface area contributed by atoms with E-state index in [0.717, 1.165) is 30.8 Å². The molecule has 154 valence electrons.